The van der Waals surface area contributed by atoms with Crippen LogP contribution in [0.15, 0.2) is 72.8 Å². The highest BCUT2D eigenvalue weighted by Crippen LogP contribution is 2.41. The number of nitriles is 1. The molecule has 0 aliphatic heterocycles. The first-order valence-electron chi connectivity index (χ1n) is 10.5. The van der Waals surface area contributed by atoms with Crippen LogP contribution in [0.1, 0.15) is 25.0 Å². The van der Waals surface area contributed by atoms with Crippen LogP contribution >= 0.6 is 11.6 Å². The van der Waals surface area contributed by atoms with Gasteiger partial charge in [-0.15, -0.1) is 0 Å². The second-order valence-corrected chi connectivity index (χ2v) is 8.91. The number of halogens is 4. The van der Waals surface area contributed by atoms with Crippen molar-refractivity contribution in [1.29, 1.82) is 5.26 Å². The molecule has 0 radical (unpaired) electrons. The Bertz CT molecular complexity index is 1260. The van der Waals surface area contributed by atoms with Crippen LogP contribution in [0.4, 0.5) is 18.9 Å². The molecule has 1 unspecified atom stereocenters. The third kappa shape index (κ3) is 5.69. The minimum Gasteiger partial charge on any atom is -0.479 e. The molecule has 0 aliphatic rings. The number of benzene rings is 3. The molecule has 3 aromatic carbocycles. The Kier molecular flexibility index (Phi) is 7.32. The van der Waals surface area contributed by atoms with Crippen LogP contribution in [0, 0.1) is 16.7 Å². The van der Waals surface area contributed by atoms with Gasteiger partial charge in [0, 0.05) is 6.42 Å². The number of aliphatic carboxylic acids is 1. The van der Waals surface area contributed by atoms with Gasteiger partial charge in [-0.3, -0.25) is 0 Å². The summed E-state index contributed by atoms with van der Waals surface area (Å²) in [4.78, 5) is 12.7. The van der Waals surface area contributed by atoms with E-state index in [4.69, 9.17) is 16.3 Å². The van der Waals surface area contributed by atoms with Gasteiger partial charge < -0.3 is 15.2 Å². The first-order chi connectivity index (χ1) is 16.4. The van der Waals surface area contributed by atoms with Crippen LogP contribution in [-0.2, 0) is 17.4 Å². The molecule has 0 fully saturated rings. The fourth-order valence-electron chi connectivity index (χ4n) is 3.59. The molecule has 0 saturated carbocycles. The van der Waals surface area contributed by atoms with E-state index in [9.17, 15) is 28.3 Å². The molecule has 35 heavy (non-hydrogen) atoms. The molecule has 0 aliphatic carbocycles. The molecular weight excluding hydrogens is 481 g/mol. The number of alkyl halides is 3. The monoisotopic (exact) mass is 502 g/mol. The molecule has 182 valence electrons. The molecule has 2 N–H and O–H groups in total. The van der Waals surface area contributed by atoms with E-state index in [1.165, 1.54) is 13.8 Å². The number of anilines is 1. The first kappa shape index (κ1) is 25.9. The standard InChI is InChI=1S/C26H22ClF3N2O3/c1-24(2,16-31)25(23(33)34,32-22-12-11-18(14-21(22)27)26(28,29)30)15-17-7-6-10-20(13-17)35-19-8-4-3-5-9-19/h3-14,32H,15H2,1-2H3,(H,33,34). The van der Waals surface area contributed by atoms with Gasteiger partial charge in [0.1, 0.15) is 11.5 Å². The fourth-order valence-corrected chi connectivity index (χ4v) is 3.81. The summed E-state index contributed by atoms with van der Waals surface area (Å²) in [6.45, 7) is 2.88. The van der Waals surface area contributed by atoms with Crippen molar-refractivity contribution in [3.63, 3.8) is 0 Å². The van der Waals surface area contributed by atoms with Crippen molar-refractivity contribution in [2.75, 3.05) is 5.32 Å². The lowest BCUT2D eigenvalue weighted by molar-refractivity contribution is -0.145. The Hall–Kier alpha value is -3.70. The van der Waals surface area contributed by atoms with Gasteiger partial charge in [-0.25, -0.2) is 4.79 Å². The summed E-state index contributed by atoms with van der Waals surface area (Å²) in [7, 11) is 0. The maximum atomic E-state index is 13.1. The Labute approximate surface area is 205 Å². The Morgan fingerprint density at radius 1 is 1.03 bits per heavy atom. The van der Waals surface area contributed by atoms with Crippen molar-refractivity contribution in [2.45, 2.75) is 32.0 Å². The van der Waals surface area contributed by atoms with Gasteiger partial charge >= 0.3 is 12.1 Å². The second-order valence-electron chi connectivity index (χ2n) is 8.50. The van der Waals surface area contributed by atoms with Gasteiger partial charge in [-0.05, 0) is 61.9 Å². The smallest absolute Gasteiger partial charge is 0.416 e. The van der Waals surface area contributed by atoms with Crippen molar-refractivity contribution < 1.29 is 27.8 Å². The molecule has 3 rings (SSSR count). The Morgan fingerprint density at radius 2 is 1.69 bits per heavy atom. The van der Waals surface area contributed by atoms with E-state index in [-0.39, 0.29) is 17.1 Å². The van der Waals surface area contributed by atoms with Crippen LogP contribution < -0.4 is 10.1 Å². The van der Waals surface area contributed by atoms with Gasteiger partial charge in [-0.1, -0.05) is 41.9 Å². The Morgan fingerprint density at radius 3 is 2.26 bits per heavy atom. The largest absolute Gasteiger partial charge is 0.479 e. The zero-order valence-corrected chi connectivity index (χ0v) is 19.6. The highest BCUT2D eigenvalue weighted by atomic mass is 35.5. The van der Waals surface area contributed by atoms with Crippen LogP contribution in [0.3, 0.4) is 0 Å². The maximum Gasteiger partial charge on any atom is 0.416 e. The van der Waals surface area contributed by atoms with E-state index in [0.29, 0.717) is 23.1 Å². The van der Waals surface area contributed by atoms with Gasteiger partial charge in [-0.2, -0.15) is 18.4 Å². The second kappa shape index (κ2) is 9.88. The first-order valence-corrected chi connectivity index (χ1v) is 10.9. The van der Waals surface area contributed by atoms with Gasteiger partial charge in [0.2, 0.25) is 0 Å². The number of carboxylic acid groups (broad SMARTS) is 1. The topological polar surface area (TPSA) is 82.3 Å². The lowest BCUT2D eigenvalue weighted by atomic mass is 9.69. The lowest BCUT2D eigenvalue weighted by Crippen LogP contribution is -2.58. The van der Waals surface area contributed by atoms with E-state index in [1.54, 1.807) is 36.4 Å². The lowest BCUT2D eigenvalue weighted by Gasteiger charge is -2.40. The maximum absolute atomic E-state index is 13.1. The number of rotatable bonds is 8. The van der Waals surface area contributed by atoms with Crippen LogP contribution in [-0.4, -0.2) is 16.6 Å². The van der Waals surface area contributed by atoms with E-state index in [1.807, 2.05) is 24.3 Å². The third-order valence-electron chi connectivity index (χ3n) is 5.70. The van der Waals surface area contributed by atoms with E-state index in [0.717, 1.165) is 12.1 Å². The highest BCUT2D eigenvalue weighted by Gasteiger charge is 2.52. The average Bonchev–Trinajstić information content (AvgIpc) is 2.79. The molecule has 5 nitrogen and oxygen atoms in total. The summed E-state index contributed by atoms with van der Waals surface area (Å²) in [6, 6.07) is 20.3. The zero-order valence-electron chi connectivity index (χ0n) is 18.9. The van der Waals surface area contributed by atoms with E-state index < -0.39 is 28.7 Å². The number of carbonyl (C=O) groups is 1. The van der Waals surface area contributed by atoms with Gasteiger partial charge in [0.15, 0.2) is 5.54 Å². The van der Waals surface area contributed by atoms with Crippen LogP contribution in [0.25, 0.3) is 0 Å². The molecule has 0 aromatic heterocycles. The van der Waals surface area contributed by atoms with Crippen molar-refractivity contribution in [1.82, 2.24) is 0 Å². The summed E-state index contributed by atoms with van der Waals surface area (Å²) >= 11 is 6.10. The highest BCUT2D eigenvalue weighted by molar-refractivity contribution is 6.33. The molecular formula is C26H22ClF3N2O3. The molecule has 3 aromatic rings. The predicted molar refractivity (Wildman–Crippen MR) is 126 cm³/mol. The SMILES string of the molecule is CC(C)(C#N)C(Cc1cccc(Oc2ccccc2)c1)(Nc1ccc(C(F)(F)F)cc1Cl)C(=O)O. The van der Waals surface area contributed by atoms with Crippen LogP contribution in [0.2, 0.25) is 5.02 Å². The zero-order chi connectivity index (χ0) is 25.9. The molecule has 0 bridgehead atoms. The normalized spacial score (nSPS) is 13.4. The summed E-state index contributed by atoms with van der Waals surface area (Å²) < 4.78 is 45.0. The summed E-state index contributed by atoms with van der Waals surface area (Å²) in [5.41, 5.74) is -3.95. The molecule has 1 atom stereocenters. The van der Waals surface area contributed by atoms with Crippen LogP contribution in [0.5, 0.6) is 11.5 Å². The number of hydrogen-bond donors (Lipinski definition) is 2. The van der Waals surface area contributed by atoms with E-state index >= 15 is 0 Å². The molecule has 9 heteroatoms. The van der Waals surface area contributed by atoms with Crippen molar-refractivity contribution in [2.24, 2.45) is 5.41 Å². The molecule has 0 amide bonds. The van der Waals surface area contributed by atoms with Crippen molar-refractivity contribution in [3.8, 4) is 17.6 Å². The van der Waals surface area contributed by atoms with E-state index in [2.05, 4.69) is 5.32 Å². The van der Waals surface area contributed by atoms with Crippen molar-refractivity contribution >= 4 is 23.3 Å². The summed E-state index contributed by atoms with van der Waals surface area (Å²) in [5.74, 6) is -0.328. The minimum absolute atomic E-state index is 0.0397. The number of nitrogens with one attached hydrogen (secondary N) is 1. The Balaban J connectivity index is 2.02. The fraction of sp³-hybridized carbons (Fsp3) is 0.231. The number of ether oxygens (including phenoxy) is 1. The summed E-state index contributed by atoms with van der Waals surface area (Å²) in [6.07, 6.45) is -4.80. The number of hydrogen-bond acceptors (Lipinski definition) is 4. The predicted octanol–water partition coefficient (Wildman–Crippen LogP) is 7.18. The molecule has 0 saturated heterocycles. The summed E-state index contributed by atoms with van der Waals surface area (Å²) in [5, 5.41) is 22.6. The molecule has 0 spiro atoms. The number of para-hydroxylation sites is 1. The minimum atomic E-state index is -4.61. The van der Waals surface area contributed by atoms with Gasteiger partial charge in [0.25, 0.3) is 0 Å². The average molecular weight is 503 g/mol. The third-order valence-corrected chi connectivity index (χ3v) is 6.02. The number of nitrogens with zero attached hydrogens (tertiary/aromatic N) is 1. The molecule has 0 heterocycles. The quantitative estimate of drug-likeness (QED) is 0.341. The van der Waals surface area contributed by atoms with Crippen molar-refractivity contribution in [3.05, 3.63) is 88.9 Å². The van der Waals surface area contributed by atoms with Gasteiger partial charge in [0.05, 0.1) is 27.8 Å². The number of carboxylic acids is 1.